The summed E-state index contributed by atoms with van der Waals surface area (Å²) in [4.78, 5) is 12.4. The van der Waals surface area contributed by atoms with E-state index in [-0.39, 0.29) is 5.69 Å². The van der Waals surface area contributed by atoms with Gasteiger partial charge in [-0.1, -0.05) is 35.0 Å². The van der Waals surface area contributed by atoms with Crippen LogP contribution in [0.25, 0.3) is 21.5 Å². The molecule has 0 saturated carbocycles. The first-order valence-electron chi connectivity index (χ1n) is 7.14. The van der Waals surface area contributed by atoms with Crippen LogP contribution in [0, 0.1) is 0 Å². The van der Waals surface area contributed by atoms with Gasteiger partial charge in [-0.05, 0) is 24.3 Å². The van der Waals surface area contributed by atoms with E-state index >= 15 is 0 Å². The van der Waals surface area contributed by atoms with Crippen LogP contribution in [0.3, 0.4) is 0 Å². The fourth-order valence-corrected chi connectivity index (χ4v) is 3.66. The van der Waals surface area contributed by atoms with Gasteiger partial charge < -0.3 is 14.2 Å². The number of carbonyl (C=O) groups is 1. The molecule has 7 heteroatoms. The zero-order valence-electron chi connectivity index (χ0n) is 12.3. The Hall–Kier alpha value is -2.57. The topological polar surface area (TPSA) is 68.3 Å². The second kappa shape index (κ2) is 5.81. The maximum Gasteiger partial charge on any atom is 0.352 e. The van der Waals surface area contributed by atoms with Crippen molar-refractivity contribution in [2.75, 3.05) is 0 Å². The lowest BCUT2D eigenvalue weighted by Gasteiger charge is -2.05. The van der Waals surface area contributed by atoms with Crippen LogP contribution in [0.4, 0.5) is 0 Å². The van der Waals surface area contributed by atoms with Crippen LogP contribution >= 0.6 is 22.9 Å². The summed E-state index contributed by atoms with van der Waals surface area (Å²) in [6.45, 7) is 0.317. The molecule has 1 N–H and O–H groups in total. The van der Waals surface area contributed by atoms with Crippen molar-refractivity contribution in [3.63, 3.8) is 0 Å². The van der Waals surface area contributed by atoms with Gasteiger partial charge in [0.25, 0.3) is 0 Å². The number of rotatable bonds is 4. The van der Waals surface area contributed by atoms with Crippen molar-refractivity contribution in [1.82, 2.24) is 9.72 Å². The maximum absolute atomic E-state index is 11.5. The lowest BCUT2D eigenvalue weighted by Crippen LogP contribution is -2.09. The Balaban J connectivity index is 1.73. The molecule has 24 heavy (non-hydrogen) atoms. The molecule has 0 saturated heterocycles. The molecule has 0 fully saturated rings. The van der Waals surface area contributed by atoms with Crippen LogP contribution in [0.2, 0.25) is 4.34 Å². The lowest BCUT2D eigenvalue weighted by atomic mass is 10.2. The first kappa shape index (κ1) is 15.0. The van der Waals surface area contributed by atoms with Crippen molar-refractivity contribution in [1.29, 1.82) is 0 Å². The van der Waals surface area contributed by atoms with Crippen molar-refractivity contribution in [3.8, 4) is 10.6 Å². The quantitative estimate of drug-likeness (QED) is 0.571. The summed E-state index contributed by atoms with van der Waals surface area (Å²) in [5.74, 6) is -0.352. The molecular weight excluding hydrogens is 348 g/mol. The summed E-state index contributed by atoms with van der Waals surface area (Å²) in [5.41, 5.74) is 1.72. The molecule has 0 radical (unpaired) electrons. The van der Waals surface area contributed by atoms with E-state index in [0.717, 1.165) is 15.8 Å². The van der Waals surface area contributed by atoms with Crippen LogP contribution in [0.5, 0.6) is 0 Å². The van der Waals surface area contributed by atoms with Gasteiger partial charge in [0.05, 0.1) is 15.8 Å². The number of carboxylic acid groups (broad SMARTS) is 1. The van der Waals surface area contributed by atoms with E-state index in [2.05, 4.69) is 5.16 Å². The van der Waals surface area contributed by atoms with Gasteiger partial charge in [-0.15, -0.1) is 11.3 Å². The zero-order chi connectivity index (χ0) is 16.7. The molecule has 0 aliphatic rings. The molecule has 4 rings (SSSR count). The molecule has 4 aromatic rings. The Morgan fingerprint density at radius 3 is 2.83 bits per heavy atom. The highest BCUT2D eigenvalue weighted by molar-refractivity contribution is 7.19. The molecule has 0 spiro atoms. The first-order valence-corrected chi connectivity index (χ1v) is 8.34. The Morgan fingerprint density at radius 2 is 2.08 bits per heavy atom. The zero-order valence-corrected chi connectivity index (χ0v) is 13.8. The summed E-state index contributed by atoms with van der Waals surface area (Å²) >= 11 is 7.34. The number of halogens is 1. The minimum absolute atomic E-state index is 0.222. The van der Waals surface area contributed by atoms with Gasteiger partial charge in [0, 0.05) is 17.0 Å². The Labute approximate surface area is 145 Å². The van der Waals surface area contributed by atoms with Gasteiger partial charge in [-0.3, -0.25) is 0 Å². The third kappa shape index (κ3) is 2.60. The monoisotopic (exact) mass is 358 g/mol. The summed E-state index contributed by atoms with van der Waals surface area (Å²) < 4.78 is 7.76. The third-order valence-electron chi connectivity index (χ3n) is 3.72. The van der Waals surface area contributed by atoms with Crippen LogP contribution in [0.1, 0.15) is 16.2 Å². The molecule has 0 aliphatic heterocycles. The molecule has 0 amide bonds. The van der Waals surface area contributed by atoms with E-state index in [9.17, 15) is 9.90 Å². The predicted octanol–water partition coefficient (Wildman–Crippen LogP) is 4.76. The van der Waals surface area contributed by atoms with E-state index in [1.165, 1.54) is 11.3 Å². The number of benzene rings is 1. The molecule has 120 valence electrons. The van der Waals surface area contributed by atoms with Gasteiger partial charge in [0.15, 0.2) is 5.76 Å². The van der Waals surface area contributed by atoms with Crippen molar-refractivity contribution in [2.24, 2.45) is 0 Å². The average molecular weight is 359 g/mol. The normalized spacial score (nSPS) is 11.2. The second-order valence-electron chi connectivity index (χ2n) is 5.27. The summed E-state index contributed by atoms with van der Waals surface area (Å²) in [7, 11) is 0. The van der Waals surface area contributed by atoms with Crippen molar-refractivity contribution in [3.05, 3.63) is 64.3 Å². The van der Waals surface area contributed by atoms with Crippen molar-refractivity contribution < 1.29 is 14.4 Å². The molecule has 3 aromatic heterocycles. The maximum atomic E-state index is 11.5. The Bertz CT molecular complexity index is 1050. The fraction of sp³-hybridized carbons (Fsp3) is 0.0588. The first-order chi connectivity index (χ1) is 11.6. The van der Waals surface area contributed by atoms with Crippen LogP contribution < -0.4 is 0 Å². The smallest absolute Gasteiger partial charge is 0.352 e. The van der Waals surface area contributed by atoms with E-state index < -0.39 is 5.97 Å². The minimum atomic E-state index is -0.972. The average Bonchev–Trinajstić information content (AvgIpc) is 3.27. The van der Waals surface area contributed by atoms with Crippen molar-refractivity contribution >= 4 is 39.8 Å². The molecule has 0 unspecified atom stereocenters. The Morgan fingerprint density at radius 1 is 1.25 bits per heavy atom. The highest BCUT2D eigenvalue weighted by Gasteiger charge is 2.17. The molecule has 0 aliphatic carbocycles. The van der Waals surface area contributed by atoms with E-state index in [4.69, 9.17) is 16.1 Å². The predicted molar refractivity (Wildman–Crippen MR) is 92.8 cm³/mol. The van der Waals surface area contributed by atoms with E-state index in [1.54, 1.807) is 16.7 Å². The second-order valence-corrected chi connectivity index (χ2v) is 6.98. The van der Waals surface area contributed by atoms with Gasteiger partial charge in [-0.25, -0.2) is 4.79 Å². The van der Waals surface area contributed by atoms with Crippen LogP contribution in [-0.2, 0) is 6.54 Å². The minimum Gasteiger partial charge on any atom is -0.477 e. The number of para-hydroxylation sites is 1. The highest BCUT2D eigenvalue weighted by Crippen LogP contribution is 2.31. The molecule has 1 aromatic carbocycles. The molecular formula is C17H11ClN2O3S. The largest absolute Gasteiger partial charge is 0.477 e. The Kier molecular flexibility index (Phi) is 3.63. The van der Waals surface area contributed by atoms with Crippen molar-refractivity contribution in [2.45, 2.75) is 6.54 Å². The number of thiophene rings is 1. The molecule has 3 heterocycles. The van der Waals surface area contributed by atoms with Gasteiger partial charge in [0.1, 0.15) is 11.4 Å². The fourth-order valence-electron chi connectivity index (χ4n) is 2.67. The summed E-state index contributed by atoms with van der Waals surface area (Å²) in [5, 5.41) is 14.4. The molecule has 0 bridgehead atoms. The van der Waals surface area contributed by atoms with E-state index in [1.807, 2.05) is 36.4 Å². The standard InChI is InChI=1S/C17H11ClN2O3S/c18-16-6-5-15(24-16)14-8-11(19-23-14)9-20-12-4-2-1-3-10(12)7-13(20)17(21)22/h1-8H,9H2,(H,21,22). The number of hydrogen-bond donors (Lipinski definition) is 1. The SMILES string of the molecule is O=C(O)c1cc2ccccc2n1Cc1cc(-c2ccc(Cl)s2)on1. The van der Waals surface area contributed by atoms with Crippen LogP contribution in [0.15, 0.2) is 53.1 Å². The molecule has 5 nitrogen and oxygen atoms in total. The number of fused-ring (bicyclic) bond motifs is 1. The highest BCUT2D eigenvalue weighted by atomic mass is 35.5. The third-order valence-corrected chi connectivity index (χ3v) is 4.97. The van der Waals surface area contributed by atoms with E-state index in [0.29, 0.717) is 22.3 Å². The lowest BCUT2D eigenvalue weighted by molar-refractivity contribution is 0.0686. The van der Waals surface area contributed by atoms with Gasteiger partial charge >= 0.3 is 5.97 Å². The number of carboxylic acids is 1. The number of hydrogen-bond acceptors (Lipinski definition) is 4. The molecule has 0 atom stereocenters. The number of nitrogens with zero attached hydrogens (tertiary/aromatic N) is 2. The number of aromatic nitrogens is 2. The van der Waals surface area contributed by atoms with Crippen LogP contribution in [-0.4, -0.2) is 20.8 Å². The van der Waals surface area contributed by atoms with Gasteiger partial charge in [-0.2, -0.15) is 0 Å². The van der Waals surface area contributed by atoms with Gasteiger partial charge in [0.2, 0.25) is 0 Å². The number of aromatic carboxylic acids is 1. The summed E-state index contributed by atoms with van der Waals surface area (Å²) in [6, 6.07) is 14.7. The summed E-state index contributed by atoms with van der Waals surface area (Å²) in [6.07, 6.45) is 0.